The van der Waals surface area contributed by atoms with Crippen molar-refractivity contribution in [3.63, 3.8) is 0 Å². The molecular formula is C17H23ClN2O. The second-order valence-corrected chi connectivity index (χ2v) is 5.60. The number of hydrogen-bond donors (Lipinski definition) is 1. The van der Waals surface area contributed by atoms with E-state index >= 15 is 0 Å². The van der Waals surface area contributed by atoms with Gasteiger partial charge in [0, 0.05) is 13.6 Å². The summed E-state index contributed by atoms with van der Waals surface area (Å²) in [4.78, 5) is 13.9. The second kappa shape index (κ2) is 7.43. The molecule has 0 aliphatic heterocycles. The summed E-state index contributed by atoms with van der Waals surface area (Å²) in [6, 6.07) is 14.0. The van der Waals surface area contributed by atoms with Gasteiger partial charge in [0.2, 0.25) is 5.91 Å². The lowest BCUT2D eigenvalue weighted by molar-refractivity contribution is -0.132. The number of halogens is 1. The third-order valence-corrected chi connectivity index (χ3v) is 3.67. The molecule has 1 amide bonds. The lowest BCUT2D eigenvalue weighted by atomic mass is 10.0. The van der Waals surface area contributed by atoms with Gasteiger partial charge in [0.1, 0.15) is 0 Å². The first kappa shape index (κ1) is 17.5. The normalized spacial score (nSPS) is 12.0. The van der Waals surface area contributed by atoms with Crippen molar-refractivity contribution in [3.8, 4) is 0 Å². The predicted octanol–water partition coefficient (Wildman–Crippen LogP) is 3.20. The van der Waals surface area contributed by atoms with E-state index in [4.69, 9.17) is 5.73 Å². The van der Waals surface area contributed by atoms with Crippen molar-refractivity contribution in [2.45, 2.75) is 26.4 Å². The number of benzene rings is 2. The van der Waals surface area contributed by atoms with Gasteiger partial charge in [0.25, 0.3) is 0 Å². The number of hydrogen-bond acceptors (Lipinski definition) is 2. The Morgan fingerprint density at radius 2 is 1.76 bits per heavy atom. The summed E-state index contributed by atoms with van der Waals surface area (Å²) in [7, 11) is 1.81. The van der Waals surface area contributed by atoms with E-state index in [0.29, 0.717) is 6.54 Å². The molecule has 0 aliphatic carbocycles. The number of nitrogens with two attached hydrogens (primary N) is 1. The molecule has 1 atom stereocenters. The summed E-state index contributed by atoms with van der Waals surface area (Å²) < 4.78 is 0. The van der Waals surface area contributed by atoms with Crippen LogP contribution in [0.25, 0.3) is 10.8 Å². The van der Waals surface area contributed by atoms with Gasteiger partial charge in [-0.25, -0.2) is 0 Å². The molecule has 21 heavy (non-hydrogen) atoms. The molecule has 0 aromatic heterocycles. The first-order valence-corrected chi connectivity index (χ1v) is 6.98. The average Bonchev–Trinajstić information content (AvgIpc) is 2.46. The van der Waals surface area contributed by atoms with Gasteiger partial charge in [-0.05, 0) is 22.3 Å². The minimum absolute atomic E-state index is 0. The van der Waals surface area contributed by atoms with Crippen LogP contribution in [0.2, 0.25) is 0 Å². The van der Waals surface area contributed by atoms with Gasteiger partial charge in [0.15, 0.2) is 0 Å². The van der Waals surface area contributed by atoms with Gasteiger partial charge in [-0.2, -0.15) is 0 Å². The fourth-order valence-corrected chi connectivity index (χ4v) is 2.30. The van der Waals surface area contributed by atoms with E-state index in [2.05, 4.69) is 24.3 Å². The number of nitrogens with zero attached hydrogens (tertiary/aromatic N) is 1. The number of rotatable bonds is 4. The van der Waals surface area contributed by atoms with Crippen molar-refractivity contribution in [2.24, 2.45) is 11.7 Å². The Morgan fingerprint density at radius 1 is 1.14 bits per heavy atom. The largest absolute Gasteiger partial charge is 0.340 e. The Balaban J connectivity index is 0.00000220. The molecule has 0 fully saturated rings. The van der Waals surface area contributed by atoms with Gasteiger partial charge in [-0.15, -0.1) is 12.4 Å². The zero-order valence-corrected chi connectivity index (χ0v) is 13.6. The van der Waals surface area contributed by atoms with E-state index in [9.17, 15) is 4.79 Å². The van der Waals surface area contributed by atoms with Crippen molar-refractivity contribution >= 4 is 29.1 Å². The minimum atomic E-state index is -0.435. The molecule has 0 aliphatic rings. The molecule has 3 nitrogen and oxygen atoms in total. The predicted molar refractivity (Wildman–Crippen MR) is 90.5 cm³/mol. The summed E-state index contributed by atoms with van der Waals surface area (Å²) in [5.41, 5.74) is 7.08. The van der Waals surface area contributed by atoms with E-state index < -0.39 is 6.04 Å². The van der Waals surface area contributed by atoms with Gasteiger partial charge in [0.05, 0.1) is 6.04 Å². The highest BCUT2D eigenvalue weighted by Gasteiger charge is 2.21. The molecule has 0 bridgehead atoms. The fourth-order valence-electron chi connectivity index (χ4n) is 2.30. The molecule has 2 aromatic rings. The standard InChI is InChI=1S/C17H22N2O.ClH/c1-12(2)16(18)17(20)19(3)11-14-9-6-8-13-7-4-5-10-15(13)14;/h4-10,12,16H,11,18H2,1-3H3;1H/t16-;/m0./s1. The zero-order valence-electron chi connectivity index (χ0n) is 12.7. The van der Waals surface area contributed by atoms with Crippen LogP contribution in [-0.2, 0) is 11.3 Å². The van der Waals surface area contributed by atoms with Crippen molar-refractivity contribution in [2.75, 3.05) is 7.05 Å². The molecule has 2 N–H and O–H groups in total. The Morgan fingerprint density at radius 3 is 2.43 bits per heavy atom. The van der Waals surface area contributed by atoms with Gasteiger partial charge < -0.3 is 10.6 Å². The quantitative estimate of drug-likeness (QED) is 0.943. The van der Waals surface area contributed by atoms with Crippen LogP contribution in [0.1, 0.15) is 19.4 Å². The van der Waals surface area contributed by atoms with Gasteiger partial charge in [-0.3, -0.25) is 4.79 Å². The molecule has 0 radical (unpaired) electrons. The molecule has 4 heteroatoms. The van der Waals surface area contributed by atoms with Crippen LogP contribution in [0.15, 0.2) is 42.5 Å². The van der Waals surface area contributed by atoms with Crippen LogP contribution in [0.5, 0.6) is 0 Å². The van der Waals surface area contributed by atoms with Crippen LogP contribution in [0.4, 0.5) is 0 Å². The van der Waals surface area contributed by atoms with E-state index in [1.807, 2.05) is 39.1 Å². The van der Waals surface area contributed by atoms with Gasteiger partial charge >= 0.3 is 0 Å². The minimum Gasteiger partial charge on any atom is -0.340 e. The molecule has 2 rings (SSSR count). The average molecular weight is 307 g/mol. The first-order chi connectivity index (χ1) is 9.50. The summed E-state index contributed by atoms with van der Waals surface area (Å²) in [6.45, 7) is 4.52. The van der Waals surface area contributed by atoms with Crippen LogP contribution in [-0.4, -0.2) is 23.9 Å². The fraction of sp³-hybridized carbons (Fsp3) is 0.353. The van der Waals surface area contributed by atoms with E-state index in [1.54, 1.807) is 4.90 Å². The molecule has 0 saturated carbocycles. The number of amides is 1. The zero-order chi connectivity index (χ0) is 14.7. The highest BCUT2D eigenvalue weighted by atomic mass is 35.5. The highest BCUT2D eigenvalue weighted by Crippen LogP contribution is 2.20. The summed E-state index contributed by atoms with van der Waals surface area (Å²) in [5, 5.41) is 2.38. The van der Waals surface area contributed by atoms with E-state index in [1.165, 1.54) is 10.8 Å². The van der Waals surface area contributed by atoms with Crippen molar-refractivity contribution in [1.82, 2.24) is 4.90 Å². The Bertz CT molecular complexity index is 607. The number of carbonyl (C=O) groups excluding carboxylic acids is 1. The number of fused-ring (bicyclic) bond motifs is 1. The van der Waals surface area contributed by atoms with E-state index in [-0.39, 0.29) is 24.2 Å². The molecular weight excluding hydrogens is 284 g/mol. The molecule has 0 unspecified atom stereocenters. The number of likely N-dealkylation sites (N-methyl/N-ethyl adjacent to an activating group) is 1. The molecule has 0 spiro atoms. The van der Waals surface area contributed by atoms with Crippen LogP contribution >= 0.6 is 12.4 Å². The Hall–Kier alpha value is -1.58. The summed E-state index contributed by atoms with van der Waals surface area (Å²) >= 11 is 0. The maximum Gasteiger partial charge on any atom is 0.239 e. The third kappa shape index (κ3) is 3.96. The smallest absolute Gasteiger partial charge is 0.239 e. The lowest BCUT2D eigenvalue weighted by Crippen LogP contribution is -2.44. The number of carbonyl (C=O) groups is 1. The summed E-state index contributed by atoms with van der Waals surface area (Å²) in [6.07, 6.45) is 0. The molecule has 0 saturated heterocycles. The second-order valence-electron chi connectivity index (χ2n) is 5.60. The topological polar surface area (TPSA) is 46.3 Å². The Labute approximate surface area is 132 Å². The van der Waals surface area contributed by atoms with Crippen molar-refractivity contribution < 1.29 is 4.79 Å². The summed E-state index contributed by atoms with van der Waals surface area (Å²) in [5.74, 6) is 0.144. The van der Waals surface area contributed by atoms with Crippen LogP contribution in [0.3, 0.4) is 0 Å². The lowest BCUT2D eigenvalue weighted by Gasteiger charge is -2.24. The van der Waals surface area contributed by atoms with Crippen molar-refractivity contribution in [1.29, 1.82) is 0 Å². The monoisotopic (exact) mass is 306 g/mol. The van der Waals surface area contributed by atoms with Crippen molar-refractivity contribution in [3.05, 3.63) is 48.0 Å². The Kier molecular flexibility index (Phi) is 6.19. The van der Waals surface area contributed by atoms with Crippen LogP contribution in [0, 0.1) is 5.92 Å². The maximum absolute atomic E-state index is 12.2. The molecule has 114 valence electrons. The third-order valence-electron chi connectivity index (χ3n) is 3.67. The highest BCUT2D eigenvalue weighted by molar-refractivity contribution is 5.87. The molecule has 2 aromatic carbocycles. The van der Waals surface area contributed by atoms with E-state index in [0.717, 1.165) is 5.56 Å². The SMILES string of the molecule is CC(C)[C@H](N)C(=O)N(C)Cc1cccc2ccccc12.Cl. The van der Waals surface area contributed by atoms with Gasteiger partial charge in [-0.1, -0.05) is 56.3 Å². The first-order valence-electron chi connectivity index (χ1n) is 6.98. The van der Waals surface area contributed by atoms with Crippen LogP contribution < -0.4 is 5.73 Å². The molecule has 0 heterocycles. The maximum atomic E-state index is 12.2.